The Morgan fingerprint density at radius 3 is 2.43 bits per heavy atom. The van der Waals surface area contributed by atoms with Crippen LogP contribution >= 0.6 is 12.6 Å². The normalized spacial score (nSPS) is 12.0. The molecule has 1 atom stereocenters. The predicted octanol–water partition coefficient (Wildman–Crippen LogP) is 6.61. The van der Waals surface area contributed by atoms with Crippen molar-refractivity contribution in [3.05, 3.63) is 78.4 Å². The van der Waals surface area contributed by atoms with Gasteiger partial charge < -0.3 is 0 Å². The van der Waals surface area contributed by atoms with Gasteiger partial charge in [0.2, 0.25) is 0 Å². The lowest BCUT2D eigenvalue weighted by molar-refractivity contribution is 0.735. The highest BCUT2D eigenvalue weighted by molar-refractivity contribution is 7.80. The lowest BCUT2D eigenvalue weighted by Gasteiger charge is -2.18. The molecule has 0 saturated heterocycles. The van der Waals surface area contributed by atoms with E-state index < -0.39 is 0 Å². The largest absolute Gasteiger partial charge is 0.143 e. The van der Waals surface area contributed by atoms with E-state index in [9.17, 15) is 0 Å². The third kappa shape index (κ3) is 4.17. The Bertz CT molecular complexity index is 697. The van der Waals surface area contributed by atoms with E-state index in [1.165, 1.54) is 27.8 Å². The maximum Gasteiger partial charge on any atom is 0.00756 e. The molecule has 0 fully saturated rings. The van der Waals surface area contributed by atoms with Crippen LogP contribution in [-0.4, -0.2) is 0 Å². The van der Waals surface area contributed by atoms with E-state index in [0.29, 0.717) is 5.92 Å². The monoisotopic (exact) mass is 322 g/mol. The summed E-state index contributed by atoms with van der Waals surface area (Å²) in [5.74, 6) is 0.543. The van der Waals surface area contributed by atoms with Crippen LogP contribution in [0.3, 0.4) is 0 Å². The Balaban J connectivity index is 2.58. The van der Waals surface area contributed by atoms with Gasteiger partial charge in [-0.25, -0.2) is 0 Å². The van der Waals surface area contributed by atoms with Gasteiger partial charge in [-0.05, 0) is 65.1 Å². The number of benzene rings is 2. The van der Waals surface area contributed by atoms with Crippen molar-refractivity contribution in [3.8, 4) is 11.1 Å². The maximum atomic E-state index is 4.57. The van der Waals surface area contributed by atoms with Crippen molar-refractivity contribution in [1.29, 1.82) is 0 Å². The molecule has 2 aromatic rings. The molecule has 0 aliphatic heterocycles. The van der Waals surface area contributed by atoms with Crippen LogP contribution in [0.5, 0.6) is 0 Å². The summed E-state index contributed by atoms with van der Waals surface area (Å²) in [4.78, 5) is 1.03. The number of thiol groups is 1. The van der Waals surface area contributed by atoms with Crippen LogP contribution in [0.4, 0.5) is 0 Å². The fourth-order valence-electron chi connectivity index (χ4n) is 2.87. The third-order valence-electron chi connectivity index (χ3n) is 4.40. The first-order valence-electron chi connectivity index (χ1n) is 8.27. The predicted molar refractivity (Wildman–Crippen MR) is 106 cm³/mol. The molecule has 2 rings (SSSR count). The SMILES string of the molecule is C=CCc1ccc(C(C)CC)c(-c2ccc(S)c(CC=C)c2)c1. The molecular formula is C22H26S. The zero-order chi connectivity index (χ0) is 16.8. The quantitative estimate of drug-likeness (QED) is 0.430. The maximum absolute atomic E-state index is 4.57. The number of rotatable bonds is 7. The molecule has 120 valence electrons. The fourth-order valence-corrected chi connectivity index (χ4v) is 3.10. The standard InChI is InChI=1S/C22H26S/c1-5-8-17-10-12-20(16(4)7-3)21(14-17)18-11-13-22(23)19(15-18)9-6-2/h5-6,10-16,23H,1-2,7-9H2,3-4H3. The molecule has 0 heterocycles. The van der Waals surface area contributed by atoms with Crippen molar-refractivity contribution in [2.24, 2.45) is 0 Å². The number of hydrogen-bond acceptors (Lipinski definition) is 1. The Morgan fingerprint density at radius 2 is 1.78 bits per heavy atom. The van der Waals surface area contributed by atoms with Crippen LogP contribution in [-0.2, 0) is 12.8 Å². The van der Waals surface area contributed by atoms with Crippen molar-refractivity contribution in [1.82, 2.24) is 0 Å². The molecule has 1 unspecified atom stereocenters. The summed E-state index contributed by atoms with van der Waals surface area (Å²) in [6, 6.07) is 13.3. The van der Waals surface area contributed by atoms with Gasteiger partial charge in [-0.1, -0.05) is 50.3 Å². The molecule has 0 amide bonds. The fraction of sp³-hybridized carbons (Fsp3) is 0.273. The first-order chi connectivity index (χ1) is 11.1. The number of hydrogen-bond donors (Lipinski definition) is 1. The van der Waals surface area contributed by atoms with Crippen LogP contribution in [0.15, 0.2) is 66.6 Å². The van der Waals surface area contributed by atoms with Crippen LogP contribution in [0.2, 0.25) is 0 Å². The molecular weight excluding hydrogens is 296 g/mol. The molecule has 0 aromatic heterocycles. The van der Waals surface area contributed by atoms with Crippen LogP contribution in [0, 0.1) is 0 Å². The smallest absolute Gasteiger partial charge is 0.00756 e. The van der Waals surface area contributed by atoms with Gasteiger partial charge in [0, 0.05) is 4.90 Å². The van der Waals surface area contributed by atoms with Gasteiger partial charge >= 0.3 is 0 Å². The highest BCUT2D eigenvalue weighted by atomic mass is 32.1. The first-order valence-corrected chi connectivity index (χ1v) is 8.72. The van der Waals surface area contributed by atoms with E-state index in [2.05, 4.69) is 76.0 Å². The van der Waals surface area contributed by atoms with Gasteiger partial charge in [0.15, 0.2) is 0 Å². The summed E-state index contributed by atoms with van der Waals surface area (Å²) in [5.41, 5.74) is 6.54. The molecule has 23 heavy (non-hydrogen) atoms. The molecule has 0 spiro atoms. The summed E-state index contributed by atoms with van der Waals surface area (Å²) < 4.78 is 0. The molecule has 0 aliphatic carbocycles. The lowest BCUT2D eigenvalue weighted by Crippen LogP contribution is -1.98. The first kappa shape index (κ1) is 17.6. The van der Waals surface area contributed by atoms with Gasteiger partial charge in [0.05, 0.1) is 0 Å². The van der Waals surface area contributed by atoms with E-state index >= 15 is 0 Å². The van der Waals surface area contributed by atoms with E-state index in [4.69, 9.17) is 0 Å². The molecule has 0 N–H and O–H groups in total. The summed E-state index contributed by atoms with van der Waals surface area (Å²) in [6.45, 7) is 12.3. The van der Waals surface area contributed by atoms with Gasteiger partial charge in [0.25, 0.3) is 0 Å². The van der Waals surface area contributed by atoms with Gasteiger partial charge in [0.1, 0.15) is 0 Å². The van der Waals surface area contributed by atoms with Crippen molar-refractivity contribution in [2.75, 3.05) is 0 Å². The van der Waals surface area contributed by atoms with Crippen LogP contribution in [0.1, 0.15) is 42.9 Å². The zero-order valence-electron chi connectivity index (χ0n) is 14.2. The van der Waals surface area contributed by atoms with Crippen LogP contribution < -0.4 is 0 Å². The summed E-state index contributed by atoms with van der Waals surface area (Å²) in [7, 11) is 0. The van der Waals surface area contributed by atoms with Gasteiger partial charge in [-0.2, -0.15) is 0 Å². The molecule has 0 aliphatic rings. The van der Waals surface area contributed by atoms with Crippen molar-refractivity contribution >= 4 is 12.6 Å². The second kappa shape index (κ2) is 8.21. The van der Waals surface area contributed by atoms with Crippen molar-refractivity contribution in [2.45, 2.75) is 43.9 Å². The molecule has 2 aromatic carbocycles. The molecule has 1 heteroatoms. The topological polar surface area (TPSA) is 0 Å². The minimum Gasteiger partial charge on any atom is -0.143 e. The Kier molecular flexibility index (Phi) is 6.29. The second-order valence-electron chi connectivity index (χ2n) is 6.06. The van der Waals surface area contributed by atoms with E-state index in [1.54, 1.807) is 0 Å². The van der Waals surface area contributed by atoms with E-state index in [1.807, 2.05) is 12.2 Å². The summed E-state index contributed by atoms with van der Waals surface area (Å²) >= 11 is 4.57. The third-order valence-corrected chi connectivity index (χ3v) is 4.83. The van der Waals surface area contributed by atoms with Crippen LogP contribution in [0.25, 0.3) is 11.1 Å². The molecule has 0 nitrogen and oxygen atoms in total. The van der Waals surface area contributed by atoms with E-state index in [-0.39, 0.29) is 0 Å². The highest BCUT2D eigenvalue weighted by Gasteiger charge is 2.12. The minimum atomic E-state index is 0.543. The summed E-state index contributed by atoms with van der Waals surface area (Å²) in [6.07, 6.45) is 6.78. The second-order valence-corrected chi connectivity index (χ2v) is 6.54. The molecule has 0 saturated carbocycles. The number of allylic oxidation sites excluding steroid dienone is 2. The highest BCUT2D eigenvalue weighted by Crippen LogP contribution is 2.33. The molecule has 0 bridgehead atoms. The Hall–Kier alpha value is -1.73. The molecule has 0 radical (unpaired) electrons. The lowest BCUT2D eigenvalue weighted by atomic mass is 9.87. The zero-order valence-corrected chi connectivity index (χ0v) is 15.1. The minimum absolute atomic E-state index is 0.543. The van der Waals surface area contributed by atoms with Crippen molar-refractivity contribution < 1.29 is 0 Å². The van der Waals surface area contributed by atoms with Crippen molar-refractivity contribution in [3.63, 3.8) is 0 Å². The van der Waals surface area contributed by atoms with E-state index in [0.717, 1.165) is 24.2 Å². The van der Waals surface area contributed by atoms with Gasteiger partial charge in [-0.3, -0.25) is 0 Å². The Morgan fingerprint density at radius 1 is 1.04 bits per heavy atom. The average molecular weight is 323 g/mol. The average Bonchev–Trinajstić information content (AvgIpc) is 2.56. The summed E-state index contributed by atoms with van der Waals surface area (Å²) in [5, 5.41) is 0. The van der Waals surface area contributed by atoms with Gasteiger partial charge in [-0.15, -0.1) is 25.8 Å². The Labute approximate surface area is 146 Å².